The molecule has 0 spiro atoms. The van der Waals surface area contributed by atoms with E-state index < -0.39 is 0 Å². The third-order valence-corrected chi connectivity index (χ3v) is 4.38. The summed E-state index contributed by atoms with van der Waals surface area (Å²) < 4.78 is 0. The molecule has 0 radical (unpaired) electrons. The number of aromatic nitrogens is 1. The van der Waals surface area contributed by atoms with E-state index in [0.717, 1.165) is 12.8 Å². The van der Waals surface area contributed by atoms with Gasteiger partial charge >= 0.3 is 0 Å². The summed E-state index contributed by atoms with van der Waals surface area (Å²) >= 11 is 0. The molecular formula is C16H14N2O2. The van der Waals surface area contributed by atoms with Crippen molar-refractivity contribution in [3.05, 3.63) is 69.6 Å². The van der Waals surface area contributed by atoms with Crippen LogP contribution in [0.3, 0.4) is 0 Å². The van der Waals surface area contributed by atoms with E-state index in [2.05, 4.69) is 17.1 Å². The van der Waals surface area contributed by atoms with Gasteiger partial charge in [0.25, 0.3) is 11.5 Å². The molecule has 2 unspecified atom stereocenters. The second-order valence-electron chi connectivity index (χ2n) is 5.36. The monoisotopic (exact) mass is 266 g/mol. The van der Waals surface area contributed by atoms with Gasteiger partial charge in [-0.3, -0.25) is 9.59 Å². The van der Waals surface area contributed by atoms with Gasteiger partial charge < -0.3 is 9.88 Å². The van der Waals surface area contributed by atoms with E-state index in [1.807, 2.05) is 17.0 Å². The number of carbonyl (C=O) groups is 1. The van der Waals surface area contributed by atoms with Crippen molar-refractivity contribution in [2.75, 3.05) is 0 Å². The highest BCUT2D eigenvalue weighted by atomic mass is 16.2. The lowest BCUT2D eigenvalue weighted by Gasteiger charge is -2.22. The van der Waals surface area contributed by atoms with Crippen LogP contribution in [-0.2, 0) is 0 Å². The molecule has 2 aliphatic heterocycles. The molecule has 1 N–H and O–H groups in total. The summed E-state index contributed by atoms with van der Waals surface area (Å²) in [5.41, 5.74) is 2.40. The Morgan fingerprint density at radius 1 is 1.05 bits per heavy atom. The summed E-state index contributed by atoms with van der Waals surface area (Å²) in [4.78, 5) is 29.0. The molecular weight excluding hydrogens is 252 g/mol. The van der Waals surface area contributed by atoms with Crippen molar-refractivity contribution in [2.45, 2.75) is 24.9 Å². The molecule has 0 aliphatic carbocycles. The number of fused-ring (bicyclic) bond motifs is 5. The van der Waals surface area contributed by atoms with Crippen molar-refractivity contribution in [1.82, 2.24) is 9.88 Å². The van der Waals surface area contributed by atoms with Gasteiger partial charge in [0.1, 0.15) is 5.56 Å². The number of nitrogens with one attached hydrogen (secondary N) is 1. The second kappa shape index (κ2) is 4.07. The third-order valence-electron chi connectivity index (χ3n) is 4.38. The maximum Gasteiger partial charge on any atom is 0.260 e. The molecule has 1 amide bonds. The molecule has 2 aromatic rings. The highest BCUT2D eigenvalue weighted by molar-refractivity contribution is 5.95. The van der Waals surface area contributed by atoms with Crippen molar-refractivity contribution in [2.24, 2.45) is 0 Å². The van der Waals surface area contributed by atoms with E-state index in [1.54, 1.807) is 18.3 Å². The van der Waals surface area contributed by atoms with Crippen molar-refractivity contribution in [1.29, 1.82) is 0 Å². The summed E-state index contributed by atoms with van der Waals surface area (Å²) in [5.74, 6) is -0.157. The van der Waals surface area contributed by atoms with Gasteiger partial charge in [0.2, 0.25) is 0 Å². The Bertz CT molecular complexity index is 719. The number of hydrogen-bond acceptors (Lipinski definition) is 2. The summed E-state index contributed by atoms with van der Waals surface area (Å²) in [7, 11) is 0. The fourth-order valence-corrected chi connectivity index (χ4v) is 3.55. The molecule has 20 heavy (non-hydrogen) atoms. The minimum absolute atomic E-state index is 0.128. The average molecular weight is 266 g/mol. The van der Waals surface area contributed by atoms with E-state index in [1.165, 1.54) is 11.1 Å². The van der Waals surface area contributed by atoms with Crippen LogP contribution in [0, 0.1) is 0 Å². The van der Waals surface area contributed by atoms with Crippen LogP contribution in [0.1, 0.15) is 46.4 Å². The molecule has 4 heteroatoms. The van der Waals surface area contributed by atoms with Crippen LogP contribution < -0.4 is 5.56 Å². The Hall–Kier alpha value is -2.36. The topological polar surface area (TPSA) is 53.2 Å². The quantitative estimate of drug-likeness (QED) is 0.861. The molecule has 4 rings (SSSR count). The molecule has 2 atom stereocenters. The van der Waals surface area contributed by atoms with E-state index in [4.69, 9.17) is 0 Å². The highest BCUT2D eigenvalue weighted by Gasteiger charge is 2.46. The van der Waals surface area contributed by atoms with Gasteiger partial charge in [0.05, 0.1) is 12.1 Å². The third kappa shape index (κ3) is 1.42. The van der Waals surface area contributed by atoms with Crippen LogP contribution in [0.5, 0.6) is 0 Å². The molecule has 1 aromatic carbocycles. The van der Waals surface area contributed by atoms with Crippen LogP contribution in [0.2, 0.25) is 0 Å². The number of amides is 1. The Balaban J connectivity index is 1.78. The molecule has 2 bridgehead atoms. The first-order valence-corrected chi connectivity index (χ1v) is 6.86. The Kier molecular flexibility index (Phi) is 2.33. The normalized spacial score (nSPS) is 22.9. The second-order valence-corrected chi connectivity index (χ2v) is 5.36. The van der Waals surface area contributed by atoms with Crippen molar-refractivity contribution in [3.8, 4) is 0 Å². The smallest absolute Gasteiger partial charge is 0.260 e. The van der Waals surface area contributed by atoms with Crippen molar-refractivity contribution in [3.63, 3.8) is 0 Å². The standard InChI is InChI=1S/C16H14N2O2/c19-15-12(6-3-9-17-15)16(20)18-13-7-8-14(18)11-5-2-1-4-10(11)13/h1-6,9,13-14H,7-8H2,(H,17,19). The summed E-state index contributed by atoms with van der Waals surface area (Å²) in [6.45, 7) is 0. The van der Waals surface area contributed by atoms with Crippen LogP contribution in [0.4, 0.5) is 0 Å². The number of aromatic amines is 1. The minimum atomic E-state index is -0.312. The number of H-pyrrole nitrogens is 1. The maximum atomic E-state index is 12.7. The highest BCUT2D eigenvalue weighted by Crippen LogP contribution is 2.53. The van der Waals surface area contributed by atoms with Crippen LogP contribution >= 0.6 is 0 Å². The van der Waals surface area contributed by atoms with E-state index in [0.29, 0.717) is 0 Å². The first-order chi connectivity index (χ1) is 9.77. The number of pyridine rings is 1. The SMILES string of the molecule is O=C(c1ccc[nH]c1=O)N1C2CCC1c1ccccc12. The van der Waals surface area contributed by atoms with Crippen LogP contribution in [0.15, 0.2) is 47.4 Å². The fourth-order valence-electron chi connectivity index (χ4n) is 3.55. The molecule has 2 aliphatic rings. The summed E-state index contributed by atoms with van der Waals surface area (Å²) in [6.07, 6.45) is 3.52. The predicted molar refractivity (Wildman–Crippen MR) is 74.4 cm³/mol. The number of nitrogens with zero attached hydrogens (tertiary/aromatic N) is 1. The lowest BCUT2D eigenvalue weighted by atomic mass is 9.92. The van der Waals surface area contributed by atoms with Gasteiger partial charge in [-0.1, -0.05) is 24.3 Å². The van der Waals surface area contributed by atoms with E-state index >= 15 is 0 Å². The first-order valence-electron chi connectivity index (χ1n) is 6.86. The van der Waals surface area contributed by atoms with E-state index in [-0.39, 0.29) is 29.1 Å². The van der Waals surface area contributed by atoms with Gasteiger partial charge in [-0.05, 0) is 36.1 Å². The number of rotatable bonds is 1. The van der Waals surface area contributed by atoms with Gasteiger partial charge in [0, 0.05) is 6.20 Å². The predicted octanol–water partition coefficient (Wildman–Crippen LogP) is 2.41. The molecule has 3 heterocycles. The minimum Gasteiger partial charge on any atom is -0.328 e. The van der Waals surface area contributed by atoms with Crippen molar-refractivity contribution >= 4 is 5.91 Å². The number of carbonyl (C=O) groups excluding carboxylic acids is 1. The molecule has 1 saturated heterocycles. The lowest BCUT2D eigenvalue weighted by Crippen LogP contribution is -2.32. The first kappa shape index (κ1) is 11.5. The number of hydrogen-bond donors (Lipinski definition) is 1. The van der Waals surface area contributed by atoms with Crippen molar-refractivity contribution < 1.29 is 4.79 Å². The zero-order valence-electron chi connectivity index (χ0n) is 10.9. The van der Waals surface area contributed by atoms with Gasteiger partial charge in [-0.2, -0.15) is 0 Å². The van der Waals surface area contributed by atoms with Gasteiger partial charge in [0.15, 0.2) is 0 Å². The average Bonchev–Trinajstić information content (AvgIpc) is 3.04. The zero-order valence-corrected chi connectivity index (χ0v) is 10.9. The lowest BCUT2D eigenvalue weighted by molar-refractivity contribution is 0.0695. The Labute approximate surface area is 116 Å². The summed E-state index contributed by atoms with van der Waals surface area (Å²) in [5, 5.41) is 0. The molecule has 1 fully saturated rings. The van der Waals surface area contributed by atoms with Crippen LogP contribution in [-0.4, -0.2) is 15.8 Å². The summed E-state index contributed by atoms with van der Waals surface area (Å²) in [6, 6.07) is 11.8. The molecule has 0 saturated carbocycles. The Morgan fingerprint density at radius 3 is 2.30 bits per heavy atom. The molecule has 4 nitrogen and oxygen atoms in total. The van der Waals surface area contributed by atoms with Crippen LogP contribution in [0.25, 0.3) is 0 Å². The Morgan fingerprint density at radius 2 is 1.70 bits per heavy atom. The fraction of sp³-hybridized carbons (Fsp3) is 0.250. The van der Waals surface area contributed by atoms with Gasteiger partial charge in [-0.15, -0.1) is 0 Å². The zero-order chi connectivity index (χ0) is 13.7. The molecule has 1 aromatic heterocycles. The number of benzene rings is 1. The molecule has 100 valence electrons. The largest absolute Gasteiger partial charge is 0.328 e. The van der Waals surface area contributed by atoms with Gasteiger partial charge in [-0.25, -0.2) is 0 Å². The maximum absolute atomic E-state index is 12.7. The van der Waals surface area contributed by atoms with E-state index in [9.17, 15) is 9.59 Å².